The number of rotatable bonds is 10. The normalized spacial score (nSPS) is 13.8. The number of likely N-dealkylation sites (N-methyl/N-ethyl adjacent to an activating group) is 1. The number of aliphatic hydroxyl groups is 1. The zero-order chi connectivity index (χ0) is 31.8. The van der Waals surface area contributed by atoms with Gasteiger partial charge in [0.05, 0.1) is 6.61 Å². The maximum Gasteiger partial charge on any atom is 0.408 e. The van der Waals surface area contributed by atoms with Crippen molar-refractivity contribution < 1.29 is 33.8 Å². The molecule has 3 N–H and O–H groups in total. The number of nitrogens with zero attached hydrogens (tertiary/aromatic N) is 1. The van der Waals surface area contributed by atoms with E-state index in [-0.39, 0.29) is 6.42 Å². The van der Waals surface area contributed by atoms with Gasteiger partial charge in [-0.25, -0.2) is 9.59 Å². The van der Waals surface area contributed by atoms with E-state index in [0.29, 0.717) is 5.56 Å². The first-order valence-corrected chi connectivity index (χ1v) is 13.9. The Morgan fingerprint density at radius 1 is 0.833 bits per heavy atom. The summed E-state index contributed by atoms with van der Waals surface area (Å²) in [4.78, 5) is 54.3. The molecule has 2 aromatic carbocycles. The number of hydrogen-bond donors (Lipinski definition) is 3. The van der Waals surface area contributed by atoms with Crippen molar-refractivity contribution >= 4 is 23.9 Å². The molecule has 0 aliphatic heterocycles. The molecule has 0 saturated carbocycles. The molecule has 0 fully saturated rings. The minimum absolute atomic E-state index is 0.165. The summed E-state index contributed by atoms with van der Waals surface area (Å²) in [5.41, 5.74) is 1.56. The molecular weight excluding hydrogens is 538 g/mol. The molecule has 10 nitrogen and oxygen atoms in total. The summed E-state index contributed by atoms with van der Waals surface area (Å²) in [7, 11) is 1.40. The van der Waals surface area contributed by atoms with Crippen molar-refractivity contribution in [1.82, 2.24) is 15.5 Å². The van der Waals surface area contributed by atoms with Crippen LogP contribution < -0.4 is 10.6 Å². The third-order valence-electron chi connectivity index (χ3n) is 6.29. The maximum atomic E-state index is 14.0. The molecule has 2 aromatic rings. The van der Waals surface area contributed by atoms with Crippen molar-refractivity contribution in [2.45, 2.75) is 91.1 Å². The number of nitrogens with one attached hydrogen (secondary N) is 2. The van der Waals surface area contributed by atoms with E-state index >= 15 is 0 Å². The van der Waals surface area contributed by atoms with Crippen molar-refractivity contribution in [2.75, 3.05) is 13.7 Å². The lowest BCUT2D eigenvalue weighted by molar-refractivity contribution is -0.159. The van der Waals surface area contributed by atoms with Crippen LogP contribution in [0, 0.1) is 13.8 Å². The topological polar surface area (TPSA) is 134 Å². The van der Waals surface area contributed by atoms with E-state index in [1.165, 1.54) is 7.05 Å². The minimum atomic E-state index is -1.38. The highest BCUT2D eigenvalue weighted by atomic mass is 16.6. The fourth-order valence-electron chi connectivity index (χ4n) is 4.16. The van der Waals surface area contributed by atoms with E-state index < -0.39 is 59.8 Å². The number of aliphatic hydroxyl groups excluding tert-OH is 1. The van der Waals surface area contributed by atoms with Crippen LogP contribution in [0.4, 0.5) is 4.79 Å². The molecule has 0 aliphatic rings. The van der Waals surface area contributed by atoms with Crippen LogP contribution in [0.2, 0.25) is 0 Å². The van der Waals surface area contributed by atoms with Gasteiger partial charge in [-0.1, -0.05) is 48.5 Å². The first-order chi connectivity index (χ1) is 19.4. The molecule has 42 heavy (non-hydrogen) atoms. The van der Waals surface area contributed by atoms with Crippen molar-refractivity contribution in [1.29, 1.82) is 0 Å². The van der Waals surface area contributed by atoms with Crippen molar-refractivity contribution in [3.8, 4) is 0 Å². The van der Waals surface area contributed by atoms with Crippen molar-refractivity contribution in [2.24, 2.45) is 0 Å². The lowest BCUT2D eigenvalue weighted by atomic mass is 9.98. The van der Waals surface area contributed by atoms with E-state index in [9.17, 15) is 24.3 Å². The molecule has 0 saturated heterocycles. The monoisotopic (exact) mass is 583 g/mol. The fraction of sp³-hybridized carbons (Fsp3) is 0.500. The smallest absolute Gasteiger partial charge is 0.408 e. The van der Waals surface area contributed by atoms with Gasteiger partial charge in [0.15, 0.2) is 0 Å². The van der Waals surface area contributed by atoms with E-state index in [4.69, 9.17) is 9.47 Å². The second-order valence-corrected chi connectivity index (χ2v) is 12.4. The number of esters is 1. The number of ether oxygens (including phenoxy) is 2. The molecule has 3 atom stereocenters. The Morgan fingerprint density at radius 3 is 1.95 bits per heavy atom. The highest BCUT2D eigenvalue weighted by molar-refractivity contribution is 5.94. The number of amides is 3. The Bertz CT molecular complexity index is 1250. The molecule has 0 heterocycles. The van der Waals surface area contributed by atoms with Crippen LogP contribution in [0.5, 0.6) is 0 Å². The first-order valence-electron chi connectivity index (χ1n) is 13.9. The molecule has 0 aromatic heterocycles. The zero-order valence-corrected chi connectivity index (χ0v) is 26.1. The number of alkyl carbamates (subject to hydrolysis) is 1. The average Bonchev–Trinajstić information content (AvgIpc) is 2.87. The van der Waals surface area contributed by atoms with E-state index in [1.807, 2.05) is 50.2 Å². The van der Waals surface area contributed by atoms with Crippen molar-refractivity contribution in [3.05, 3.63) is 70.8 Å². The van der Waals surface area contributed by atoms with Crippen LogP contribution in [-0.2, 0) is 30.3 Å². The molecule has 0 bridgehead atoms. The maximum absolute atomic E-state index is 14.0. The number of aryl methyl sites for hydroxylation is 2. The Morgan fingerprint density at radius 2 is 1.43 bits per heavy atom. The van der Waals surface area contributed by atoms with Crippen molar-refractivity contribution in [3.63, 3.8) is 0 Å². The molecule has 10 heteroatoms. The fourth-order valence-corrected chi connectivity index (χ4v) is 4.16. The van der Waals surface area contributed by atoms with Crippen LogP contribution in [-0.4, -0.2) is 70.8 Å². The lowest BCUT2D eigenvalue weighted by Crippen LogP contribution is -2.54. The third-order valence-corrected chi connectivity index (χ3v) is 6.29. The minimum Gasteiger partial charge on any atom is -0.458 e. The second kappa shape index (κ2) is 14.3. The number of carbonyl (C=O) groups is 4. The number of hydrogen-bond acceptors (Lipinski definition) is 7. The first kappa shape index (κ1) is 34.3. The SMILES string of the molecule is Cc1ccc(C(C(=O)NC(Cc2ccccc2)C(=O)OC(C)(C)C)N(C)C(=O)C(CO)NC(=O)OC(C)(C)C)cc1C. The number of benzene rings is 2. The summed E-state index contributed by atoms with van der Waals surface area (Å²) < 4.78 is 10.8. The van der Waals surface area contributed by atoms with Gasteiger partial charge in [-0.2, -0.15) is 0 Å². The number of carbonyl (C=O) groups excluding carboxylic acids is 4. The predicted octanol–water partition coefficient (Wildman–Crippen LogP) is 3.76. The zero-order valence-electron chi connectivity index (χ0n) is 26.1. The van der Waals surface area contributed by atoms with Gasteiger partial charge >= 0.3 is 12.1 Å². The molecular formula is C32H45N3O7. The van der Waals surface area contributed by atoms with Crippen LogP contribution in [0.15, 0.2) is 48.5 Å². The summed E-state index contributed by atoms with van der Waals surface area (Å²) in [6, 6.07) is 10.9. The highest BCUT2D eigenvalue weighted by Gasteiger charge is 2.36. The summed E-state index contributed by atoms with van der Waals surface area (Å²) in [6.07, 6.45) is -0.721. The van der Waals surface area contributed by atoms with Gasteiger partial charge < -0.3 is 30.1 Å². The Balaban J connectivity index is 2.45. The summed E-state index contributed by atoms with van der Waals surface area (Å²) >= 11 is 0. The highest BCUT2D eigenvalue weighted by Crippen LogP contribution is 2.24. The average molecular weight is 584 g/mol. The van der Waals surface area contributed by atoms with Gasteiger partial charge in [0.1, 0.15) is 29.3 Å². The molecule has 230 valence electrons. The molecule has 3 unspecified atom stereocenters. The Hall–Kier alpha value is -3.92. The largest absolute Gasteiger partial charge is 0.458 e. The second-order valence-electron chi connectivity index (χ2n) is 12.4. The van der Waals surface area contributed by atoms with E-state index in [1.54, 1.807) is 53.7 Å². The van der Waals surface area contributed by atoms with Gasteiger partial charge in [-0.15, -0.1) is 0 Å². The van der Waals surface area contributed by atoms with Gasteiger partial charge in [-0.3, -0.25) is 9.59 Å². The predicted molar refractivity (Wildman–Crippen MR) is 160 cm³/mol. The molecule has 0 aliphatic carbocycles. The van der Waals surface area contributed by atoms with Crippen LogP contribution >= 0.6 is 0 Å². The Labute approximate surface area is 248 Å². The quantitative estimate of drug-likeness (QED) is 0.363. The molecule has 0 spiro atoms. The van der Waals surface area contributed by atoms with Gasteiger partial charge in [0, 0.05) is 13.5 Å². The van der Waals surface area contributed by atoms with Gasteiger partial charge in [0.2, 0.25) is 11.8 Å². The lowest BCUT2D eigenvalue weighted by Gasteiger charge is -2.32. The molecule has 2 rings (SSSR count). The van der Waals surface area contributed by atoms with Gasteiger partial charge in [0.25, 0.3) is 0 Å². The van der Waals surface area contributed by atoms with E-state index in [2.05, 4.69) is 10.6 Å². The van der Waals surface area contributed by atoms with E-state index in [0.717, 1.165) is 21.6 Å². The third kappa shape index (κ3) is 10.5. The standard InChI is InChI=1S/C32H45N3O7/c1-20-15-16-23(17-21(20)2)26(35(9)28(38)25(19-36)34-30(40)42-32(6,7)8)27(37)33-24(29(39)41-31(3,4)5)18-22-13-11-10-12-14-22/h10-17,24-26,36H,18-19H2,1-9H3,(H,33,37)(H,34,40). The van der Waals surface area contributed by atoms with Gasteiger partial charge in [-0.05, 0) is 77.6 Å². The van der Waals surface area contributed by atoms with Crippen LogP contribution in [0.1, 0.15) is 69.8 Å². The molecule has 0 radical (unpaired) electrons. The summed E-state index contributed by atoms with van der Waals surface area (Å²) in [5, 5.41) is 15.2. The summed E-state index contributed by atoms with van der Waals surface area (Å²) in [5.74, 6) is -1.97. The molecule has 3 amide bonds. The Kier molecular flexibility index (Phi) is 11.7. The van der Waals surface area contributed by atoms with Crippen LogP contribution in [0.3, 0.4) is 0 Å². The van der Waals surface area contributed by atoms with Crippen LogP contribution in [0.25, 0.3) is 0 Å². The summed E-state index contributed by atoms with van der Waals surface area (Å²) in [6.45, 7) is 13.3.